The van der Waals surface area contributed by atoms with Gasteiger partial charge in [-0.2, -0.15) is 5.26 Å². The minimum atomic E-state index is 0.401. The van der Waals surface area contributed by atoms with E-state index >= 15 is 0 Å². The molecule has 0 radical (unpaired) electrons. The Morgan fingerprint density at radius 3 is 2.72 bits per heavy atom. The first-order valence-electron chi connectivity index (χ1n) is 7.04. The first-order valence-corrected chi connectivity index (χ1v) is 7.04. The van der Waals surface area contributed by atoms with E-state index in [4.69, 9.17) is 9.68 Å². The van der Waals surface area contributed by atoms with Gasteiger partial charge in [-0.1, -0.05) is 19.8 Å². The molecule has 3 nitrogen and oxygen atoms in total. The van der Waals surface area contributed by atoms with Gasteiger partial charge in [-0.25, -0.2) is 0 Å². The van der Waals surface area contributed by atoms with Gasteiger partial charge in [0.2, 0.25) is 5.76 Å². The number of furan rings is 1. The quantitative estimate of drug-likeness (QED) is 0.863. The second kappa shape index (κ2) is 6.61. The topological polar surface area (TPSA) is 49.0 Å². The van der Waals surface area contributed by atoms with Gasteiger partial charge in [0.1, 0.15) is 11.8 Å². The SMILES string of the molecule is CCCC1CCC(NCc2ccc(C#N)o2)CC1. The van der Waals surface area contributed by atoms with E-state index in [1.807, 2.05) is 12.1 Å². The Morgan fingerprint density at radius 1 is 1.33 bits per heavy atom. The van der Waals surface area contributed by atoms with Crippen molar-refractivity contribution in [2.24, 2.45) is 5.92 Å². The summed E-state index contributed by atoms with van der Waals surface area (Å²) in [6.45, 7) is 3.01. The Morgan fingerprint density at radius 2 is 2.11 bits per heavy atom. The van der Waals surface area contributed by atoms with Crippen LogP contribution in [0, 0.1) is 17.2 Å². The summed E-state index contributed by atoms with van der Waals surface area (Å²) in [7, 11) is 0. The molecular formula is C15H22N2O. The maximum Gasteiger partial charge on any atom is 0.203 e. The highest BCUT2D eigenvalue weighted by Crippen LogP contribution is 2.27. The van der Waals surface area contributed by atoms with Gasteiger partial charge >= 0.3 is 0 Å². The zero-order valence-electron chi connectivity index (χ0n) is 11.1. The van der Waals surface area contributed by atoms with E-state index in [0.717, 1.165) is 18.2 Å². The third-order valence-corrected chi connectivity index (χ3v) is 3.88. The molecule has 0 spiro atoms. The van der Waals surface area contributed by atoms with Crippen molar-refractivity contribution in [2.45, 2.75) is 58.0 Å². The average molecular weight is 246 g/mol. The Balaban J connectivity index is 1.70. The van der Waals surface area contributed by atoms with Crippen molar-refractivity contribution in [2.75, 3.05) is 0 Å². The minimum Gasteiger partial charge on any atom is -0.449 e. The van der Waals surface area contributed by atoms with Crippen LogP contribution < -0.4 is 5.32 Å². The number of nitrogens with zero attached hydrogens (tertiary/aromatic N) is 1. The highest BCUT2D eigenvalue weighted by molar-refractivity contribution is 5.18. The van der Waals surface area contributed by atoms with Crippen LogP contribution in [-0.2, 0) is 6.54 Å². The van der Waals surface area contributed by atoms with Crippen molar-refractivity contribution in [3.63, 3.8) is 0 Å². The van der Waals surface area contributed by atoms with Crippen LogP contribution >= 0.6 is 0 Å². The van der Waals surface area contributed by atoms with E-state index in [9.17, 15) is 0 Å². The molecule has 1 heterocycles. The van der Waals surface area contributed by atoms with Crippen molar-refractivity contribution >= 4 is 0 Å². The molecule has 0 unspecified atom stereocenters. The Labute approximate surface area is 109 Å². The monoisotopic (exact) mass is 246 g/mol. The van der Waals surface area contributed by atoms with Crippen LogP contribution in [0.4, 0.5) is 0 Å². The van der Waals surface area contributed by atoms with Crippen LogP contribution in [0.3, 0.4) is 0 Å². The summed E-state index contributed by atoms with van der Waals surface area (Å²) in [5.41, 5.74) is 0. The standard InChI is InChI=1S/C15H22N2O/c1-2-3-12-4-6-13(7-5-12)17-11-15-9-8-14(10-16)18-15/h8-9,12-13,17H,2-7,11H2,1H3. The summed E-state index contributed by atoms with van der Waals surface area (Å²) >= 11 is 0. The largest absolute Gasteiger partial charge is 0.449 e. The lowest BCUT2D eigenvalue weighted by atomic mass is 9.83. The average Bonchev–Trinajstić information content (AvgIpc) is 2.86. The molecular weight excluding hydrogens is 224 g/mol. The summed E-state index contributed by atoms with van der Waals surface area (Å²) in [4.78, 5) is 0. The molecule has 2 rings (SSSR count). The van der Waals surface area contributed by atoms with Crippen LogP contribution in [-0.4, -0.2) is 6.04 Å². The summed E-state index contributed by atoms with van der Waals surface area (Å²) in [6.07, 6.45) is 7.95. The van der Waals surface area contributed by atoms with Gasteiger partial charge in [-0.05, 0) is 43.7 Å². The van der Waals surface area contributed by atoms with E-state index in [1.165, 1.54) is 38.5 Å². The van der Waals surface area contributed by atoms with E-state index in [2.05, 4.69) is 12.2 Å². The fourth-order valence-electron chi connectivity index (χ4n) is 2.84. The van der Waals surface area contributed by atoms with E-state index in [1.54, 1.807) is 6.07 Å². The van der Waals surface area contributed by atoms with Crippen molar-refractivity contribution in [3.05, 3.63) is 23.7 Å². The third kappa shape index (κ3) is 3.61. The van der Waals surface area contributed by atoms with E-state index in [0.29, 0.717) is 11.8 Å². The predicted molar refractivity (Wildman–Crippen MR) is 70.9 cm³/mol. The van der Waals surface area contributed by atoms with Crippen LogP contribution in [0.25, 0.3) is 0 Å². The zero-order chi connectivity index (χ0) is 12.8. The highest BCUT2D eigenvalue weighted by Gasteiger charge is 2.20. The maximum atomic E-state index is 8.68. The normalized spacial score (nSPS) is 23.8. The van der Waals surface area contributed by atoms with Crippen molar-refractivity contribution in [1.82, 2.24) is 5.32 Å². The number of hydrogen-bond donors (Lipinski definition) is 1. The molecule has 18 heavy (non-hydrogen) atoms. The number of nitriles is 1. The number of hydrogen-bond acceptors (Lipinski definition) is 3. The fourth-order valence-corrected chi connectivity index (χ4v) is 2.84. The molecule has 0 amide bonds. The Hall–Kier alpha value is -1.27. The molecule has 1 N–H and O–H groups in total. The molecule has 1 saturated carbocycles. The summed E-state index contributed by atoms with van der Waals surface area (Å²) in [5, 5.41) is 12.2. The van der Waals surface area contributed by atoms with E-state index < -0.39 is 0 Å². The smallest absolute Gasteiger partial charge is 0.203 e. The Kier molecular flexibility index (Phi) is 4.83. The molecule has 0 bridgehead atoms. The van der Waals surface area contributed by atoms with Gasteiger partial charge in [-0.3, -0.25) is 0 Å². The second-order valence-corrected chi connectivity index (χ2v) is 5.26. The van der Waals surface area contributed by atoms with Crippen molar-refractivity contribution in [3.8, 4) is 6.07 Å². The number of nitrogens with one attached hydrogen (secondary N) is 1. The second-order valence-electron chi connectivity index (χ2n) is 5.26. The lowest BCUT2D eigenvalue weighted by molar-refractivity contribution is 0.273. The first kappa shape index (κ1) is 13.2. The molecule has 1 aromatic heterocycles. The van der Waals surface area contributed by atoms with Crippen LogP contribution in [0.1, 0.15) is 57.0 Å². The molecule has 98 valence electrons. The van der Waals surface area contributed by atoms with Crippen molar-refractivity contribution in [1.29, 1.82) is 5.26 Å². The summed E-state index contributed by atoms with van der Waals surface area (Å²) in [6, 6.07) is 6.24. The lowest BCUT2D eigenvalue weighted by Crippen LogP contribution is -2.32. The molecule has 1 aromatic rings. The van der Waals surface area contributed by atoms with Crippen LogP contribution in [0.2, 0.25) is 0 Å². The molecule has 0 aromatic carbocycles. The van der Waals surface area contributed by atoms with Crippen LogP contribution in [0.5, 0.6) is 0 Å². The van der Waals surface area contributed by atoms with Crippen molar-refractivity contribution < 1.29 is 4.42 Å². The van der Waals surface area contributed by atoms with Gasteiger partial charge in [0.05, 0.1) is 6.54 Å². The third-order valence-electron chi connectivity index (χ3n) is 3.88. The van der Waals surface area contributed by atoms with Gasteiger partial charge < -0.3 is 9.73 Å². The van der Waals surface area contributed by atoms with Crippen LogP contribution in [0.15, 0.2) is 16.5 Å². The molecule has 0 atom stereocenters. The maximum absolute atomic E-state index is 8.68. The molecule has 0 saturated heterocycles. The fraction of sp³-hybridized carbons (Fsp3) is 0.667. The zero-order valence-corrected chi connectivity index (χ0v) is 11.1. The predicted octanol–water partition coefficient (Wildman–Crippen LogP) is 3.60. The molecule has 0 aliphatic heterocycles. The molecule has 1 aliphatic carbocycles. The lowest BCUT2D eigenvalue weighted by Gasteiger charge is -2.28. The summed E-state index contributed by atoms with van der Waals surface area (Å²) in [5.74, 6) is 2.21. The van der Waals surface area contributed by atoms with E-state index in [-0.39, 0.29) is 0 Å². The number of rotatable bonds is 5. The molecule has 3 heteroatoms. The first-order chi connectivity index (χ1) is 8.81. The van der Waals surface area contributed by atoms with Gasteiger partial charge in [-0.15, -0.1) is 0 Å². The van der Waals surface area contributed by atoms with Gasteiger partial charge in [0, 0.05) is 6.04 Å². The molecule has 1 aliphatic rings. The Bertz CT molecular complexity index is 397. The molecule has 1 fully saturated rings. The van der Waals surface area contributed by atoms with Gasteiger partial charge in [0.15, 0.2) is 0 Å². The minimum absolute atomic E-state index is 0.401. The highest BCUT2D eigenvalue weighted by atomic mass is 16.3. The van der Waals surface area contributed by atoms with Gasteiger partial charge in [0.25, 0.3) is 0 Å². The summed E-state index contributed by atoms with van der Waals surface area (Å²) < 4.78 is 5.36.